The van der Waals surface area contributed by atoms with E-state index < -0.39 is 0 Å². The molecule has 3 nitrogen and oxygen atoms in total. The molecule has 118 valence electrons. The predicted octanol–water partition coefficient (Wildman–Crippen LogP) is 3.31. The van der Waals surface area contributed by atoms with Crippen LogP contribution in [0.4, 0.5) is 0 Å². The molecule has 3 heteroatoms. The zero-order valence-electron chi connectivity index (χ0n) is 13.6. The summed E-state index contributed by atoms with van der Waals surface area (Å²) in [6, 6.07) is 11.4. The third-order valence-corrected chi connectivity index (χ3v) is 4.31. The van der Waals surface area contributed by atoms with Gasteiger partial charge in [-0.1, -0.05) is 31.5 Å². The minimum atomic E-state index is 0.662. The van der Waals surface area contributed by atoms with E-state index in [1.165, 1.54) is 25.8 Å². The summed E-state index contributed by atoms with van der Waals surface area (Å²) >= 11 is 0. The summed E-state index contributed by atoms with van der Waals surface area (Å²) in [7, 11) is 0. The van der Waals surface area contributed by atoms with Crippen LogP contribution in [0.1, 0.15) is 39.5 Å². The molecule has 1 aliphatic heterocycles. The fraction of sp³-hybridized carbons (Fsp3) is 0.667. The lowest BCUT2D eigenvalue weighted by Crippen LogP contribution is -2.40. The van der Waals surface area contributed by atoms with Crippen molar-refractivity contribution in [2.45, 2.75) is 51.6 Å². The van der Waals surface area contributed by atoms with Gasteiger partial charge < -0.3 is 10.1 Å². The summed E-state index contributed by atoms with van der Waals surface area (Å²) in [5.74, 6) is 0.979. The SMILES string of the molecule is CCCC1CN(CCCOc2ccccc2)C(C)CCN1. The molecule has 1 aromatic carbocycles. The average molecular weight is 290 g/mol. The Morgan fingerprint density at radius 1 is 1.29 bits per heavy atom. The first kappa shape index (κ1) is 16.3. The van der Waals surface area contributed by atoms with E-state index in [9.17, 15) is 0 Å². The summed E-state index contributed by atoms with van der Waals surface area (Å²) in [4.78, 5) is 2.63. The Labute approximate surface area is 129 Å². The lowest BCUT2D eigenvalue weighted by Gasteiger charge is -2.29. The standard InChI is InChI=1S/C18H30N2O/c1-3-8-17-15-20(16(2)11-12-19-17)13-7-14-21-18-9-5-4-6-10-18/h4-6,9-10,16-17,19H,3,7-8,11-15H2,1-2H3. The van der Waals surface area contributed by atoms with Gasteiger partial charge in [0.25, 0.3) is 0 Å². The molecule has 0 aromatic heterocycles. The number of para-hydroxylation sites is 1. The molecule has 1 saturated heterocycles. The second-order valence-electron chi connectivity index (χ2n) is 6.09. The van der Waals surface area contributed by atoms with Crippen molar-refractivity contribution in [1.82, 2.24) is 10.2 Å². The van der Waals surface area contributed by atoms with Crippen molar-refractivity contribution >= 4 is 0 Å². The molecule has 0 aliphatic carbocycles. The first-order valence-electron chi connectivity index (χ1n) is 8.45. The highest BCUT2D eigenvalue weighted by Gasteiger charge is 2.21. The van der Waals surface area contributed by atoms with Crippen LogP contribution in [0.15, 0.2) is 30.3 Å². The van der Waals surface area contributed by atoms with Gasteiger partial charge in [-0.2, -0.15) is 0 Å². The smallest absolute Gasteiger partial charge is 0.119 e. The minimum absolute atomic E-state index is 0.662. The first-order valence-corrected chi connectivity index (χ1v) is 8.45. The van der Waals surface area contributed by atoms with Crippen LogP contribution in [0.5, 0.6) is 5.75 Å². The van der Waals surface area contributed by atoms with Crippen LogP contribution < -0.4 is 10.1 Å². The van der Waals surface area contributed by atoms with Gasteiger partial charge in [0.05, 0.1) is 6.61 Å². The fourth-order valence-corrected chi connectivity index (χ4v) is 3.03. The maximum absolute atomic E-state index is 5.80. The highest BCUT2D eigenvalue weighted by atomic mass is 16.5. The normalized spacial score (nSPS) is 23.7. The van der Waals surface area contributed by atoms with Gasteiger partial charge in [-0.25, -0.2) is 0 Å². The third kappa shape index (κ3) is 5.68. The van der Waals surface area contributed by atoms with Gasteiger partial charge in [-0.15, -0.1) is 0 Å². The Bertz CT molecular complexity index is 382. The molecule has 2 rings (SSSR count). The number of hydrogen-bond donors (Lipinski definition) is 1. The first-order chi connectivity index (χ1) is 10.3. The van der Waals surface area contributed by atoms with Crippen molar-refractivity contribution in [2.75, 3.05) is 26.2 Å². The molecule has 0 spiro atoms. The van der Waals surface area contributed by atoms with Crippen LogP contribution in [0.2, 0.25) is 0 Å². The van der Waals surface area contributed by atoms with E-state index in [1.54, 1.807) is 0 Å². The Hall–Kier alpha value is -1.06. The third-order valence-electron chi connectivity index (χ3n) is 4.31. The van der Waals surface area contributed by atoms with Crippen LogP contribution in [0.25, 0.3) is 0 Å². The van der Waals surface area contributed by atoms with Crippen LogP contribution in [0.3, 0.4) is 0 Å². The number of nitrogens with zero attached hydrogens (tertiary/aromatic N) is 1. The van der Waals surface area contributed by atoms with Gasteiger partial charge in [-0.05, 0) is 44.9 Å². The molecule has 0 amide bonds. The molecule has 2 unspecified atom stereocenters. The quantitative estimate of drug-likeness (QED) is 0.780. The topological polar surface area (TPSA) is 24.5 Å². The van der Waals surface area contributed by atoms with Crippen LogP contribution >= 0.6 is 0 Å². The van der Waals surface area contributed by atoms with E-state index >= 15 is 0 Å². The van der Waals surface area contributed by atoms with Crippen molar-refractivity contribution < 1.29 is 4.74 Å². The number of ether oxygens (including phenoxy) is 1. The molecular weight excluding hydrogens is 260 g/mol. The van der Waals surface area contributed by atoms with E-state index in [-0.39, 0.29) is 0 Å². The average Bonchev–Trinajstić information content (AvgIpc) is 2.67. The summed E-state index contributed by atoms with van der Waals surface area (Å²) in [5, 5.41) is 3.69. The Morgan fingerprint density at radius 3 is 2.86 bits per heavy atom. The number of nitrogens with one attached hydrogen (secondary N) is 1. The van der Waals surface area contributed by atoms with Gasteiger partial charge in [0.15, 0.2) is 0 Å². The molecule has 1 aromatic rings. The maximum Gasteiger partial charge on any atom is 0.119 e. The minimum Gasteiger partial charge on any atom is -0.494 e. The van der Waals surface area contributed by atoms with Gasteiger partial charge >= 0.3 is 0 Å². The molecule has 0 saturated carbocycles. The van der Waals surface area contributed by atoms with Crippen LogP contribution in [0, 0.1) is 0 Å². The van der Waals surface area contributed by atoms with Gasteiger partial charge in [0, 0.05) is 25.2 Å². The van der Waals surface area contributed by atoms with Crippen molar-refractivity contribution in [3.05, 3.63) is 30.3 Å². The van der Waals surface area contributed by atoms with Crippen LogP contribution in [-0.4, -0.2) is 43.2 Å². The molecule has 0 radical (unpaired) electrons. The molecule has 1 aliphatic rings. The summed E-state index contributed by atoms with van der Waals surface area (Å²) in [5.41, 5.74) is 0. The maximum atomic E-state index is 5.80. The molecule has 1 N–H and O–H groups in total. The van der Waals surface area contributed by atoms with Gasteiger partial charge in [-0.3, -0.25) is 4.90 Å². The summed E-state index contributed by atoms with van der Waals surface area (Å²) < 4.78 is 5.80. The second-order valence-corrected chi connectivity index (χ2v) is 6.09. The van der Waals surface area contributed by atoms with E-state index in [1.807, 2.05) is 30.3 Å². The van der Waals surface area contributed by atoms with Gasteiger partial charge in [0.2, 0.25) is 0 Å². The Balaban J connectivity index is 1.72. The lowest BCUT2D eigenvalue weighted by atomic mass is 10.1. The van der Waals surface area contributed by atoms with E-state index in [4.69, 9.17) is 4.74 Å². The van der Waals surface area contributed by atoms with E-state index in [0.717, 1.165) is 31.9 Å². The zero-order chi connectivity index (χ0) is 14.9. The monoisotopic (exact) mass is 290 g/mol. The molecule has 0 bridgehead atoms. The Morgan fingerprint density at radius 2 is 2.10 bits per heavy atom. The number of hydrogen-bond acceptors (Lipinski definition) is 3. The summed E-state index contributed by atoms with van der Waals surface area (Å²) in [6.45, 7) is 8.90. The van der Waals surface area contributed by atoms with Crippen molar-refractivity contribution in [3.8, 4) is 5.75 Å². The van der Waals surface area contributed by atoms with E-state index in [2.05, 4.69) is 24.1 Å². The number of benzene rings is 1. The highest BCUT2D eigenvalue weighted by molar-refractivity contribution is 5.20. The van der Waals surface area contributed by atoms with Crippen LogP contribution in [-0.2, 0) is 0 Å². The van der Waals surface area contributed by atoms with Crippen molar-refractivity contribution in [1.29, 1.82) is 0 Å². The largest absolute Gasteiger partial charge is 0.494 e. The predicted molar refractivity (Wildman–Crippen MR) is 88.9 cm³/mol. The Kier molecular flexibility index (Phi) is 7.04. The highest BCUT2D eigenvalue weighted by Crippen LogP contribution is 2.13. The summed E-state index contributed by atoms with van der Waals surface area (Å²) in [6.07, 6.45) is 4.89. The zero-order valence-corrected chi connectivity index (χ0v) is 13.6. The van der Waals surface area contributed by atoms with Gasteiger partial charge in [0.1, 0.15) is 5.75 Å². The second kappa shape index (κ2) is 9.06. The molecule has 1 heterocycles. The number of rotatable bonds is 7. The molecule has 1 fully saturated rings. The lowest BCUT2D eigenvalue weighted by molar-refractivity contribution is 0.183. The molecule has 21 heavy (non-hydrogen) atoms. The van der Waals surface area contributed by atoms with Crippen molar-refractivity contribution in [2.24, 2.45) is 0 Å². The van der Waals surface area contributed by atoms with E-state index in [0.29, 0.717) is 12.1 Å². The molecule has 2 atom stereocenters. The fourth-order valence-electron chi connectivity index (χ4n) is 3.03. The van der Waals surface area contributed by atoms with Crippen molar-refractivity contribution in [3.63, 3.8) is 0 Å². The molecular formula is C18H30N2O.